The van der Waals surface area contributed by atoms with Gasteiger partial charge in [0.15, 0.2) is 0 Å². The largest absolute Gasteiger partial charge is 0.345 e. The Morgan fingerprint density at radius 2 is 1.28 bits per heavy atom. The minimum absolute atomic E-state index is 0.0969. The Morgan fingerprint density at radius 1 is 0.759 bits per heavy atom. The molecule has 4 rings (SSSR count). The van der Waals surface area contributed by atoms with E-state index >= 15 is 0 Å². The van der Waals surface area contributed by atoms with Crippen LogP contribution >= 0.6 is 15.9 Å². The molecule has 3 aromatic carbocycles. The average molecular weight is 448 g/mol. The first-order valence-corrected chi connectivity index (χ1v) is 11.2. The highest BCUT2D eigenvalue weighted by Crippen LogP contribution is 2.38. The Hall–Kier alpha value is -2.39. The molecule has 1 fully saturated rings. The Morgan fingerprint density at radius 3 is 1.86 bits per heavy atom. The van der Waals surface area contributed by atoms with Crippen LogP contribution in [0.2, 0.25) is 0 Å². The van der Waals surface area contributed by atoms with Gasteiger partial charge in [-0.1, -0.05) is 102 Å². The first-order chi connectivity index (χ1) is 14.2. The van der Waals surface area contributed by atoms with Crippen LogP contribution in [0, 0.1) is 5.92 Å². The van der Waals surface area contributed by atoms with Crippen LogP contribution < -0.4 is 5.32 Å². The van der Waals surface area contributed by atoms with Crippen molar-refractivity contribution in [3.63, 3.8) is 0 Å². The molecule has 0 radical (unpaired) electrons. The second kappa shape index (κ2) is 9.41. The van der Waals surface area contributed by atoms with Gasteiger partial charge in [-0.25, -0.2) is 0 Å². The molecule has 29 heavy (non-hydrogen) atoms. The van der Waals surface area contributed by atoms with Crippen molar-refractivity contribution in [1.82, 2.24) is 5.32 Å². The average Bonchev–Trinajstić information content (AvgIpc) is 3.29. The summed E-state index contributed by atoms with van der Waals surface area (Å²) in [7, 11) is 0. The third kappa shape index (κ3) is 4.79. The van der Waals surface area contributed by atoms with Crippen molar-refractivity contribution in [3.05, 3.63) is 106 Å². The minimum atomic E-state index is -0.163. The molecule has 1 aliphatic rings. The van der Waals surface area contributed by atoms with Gasteiger partial charge in [0.1, 0.15) is 0 Å². The van der Waals surface area contributed by atoms with E-state index in [-0.39, 0.29) is 17.9 Å². The molecule has 1 aliphatic carbocycles. The predicted molar refractivity (Wildman–Crippen MR) is 122 cm³/mol. The quantitative estimate of drug-likeness (QED) is 0.451. The van der Waals surface area contributed by atoms with Crippen molar-refractivity contribution < 1.29 is 4.79 Å². The fourth-order valence-electron chi connectivity index (χ4n) is 4.48. The highest BCUT2D eigenvalue weighted by molar-refractivity contribution is 9.10. The minimum Gasteiger partial charge on any atom is -0.345 e. The highest BCUT2D eigenvalue weighted by atomic mass is 79.9. The third-order valence-corrected chi connectivity index (χ3v) is 6.46. The second-order valence-electron chi connectivity index (χ2n) is 7.84. The summed E-state index contributed by atoms with van der Waals surface area (Å²) >= 11 is 3.51. The van der Waals surface area contributed by atoms with E-state index in [9.17, 15) is 4.79 Å². The Bertz CT molecular complexity index is 918. The summed E-state index contributed by atoms with van der Waals surface area (Å²) in [6.45, 7) is 0. The zero-order valence-corrected chi connectivity index (χ0v) is 18.0. The smallest absolute Gasteiger partial charge is 0.228 e. The van der Waals surface area contributed by atoms with Gasteiger partial charge in [-0.15, -0.1) is 0 Å². The first kappa shape index (κ1) is 19.9. The fourth-order valence-corrected chi connectivity index (χ4v) is 4.74. The standard InChI is InChI=1S/C26H26BrNO/c27-23-17-15-22(16-18-23)25(21-13-5-2-6-14-21)28-26(29)24(20-11-7-8-12-20)19-9-3-1-4-10-19/h1-6,9-10,13-18,20,24-25H,7-8,11-12H2,(H,28,29)/t24-,25-/m0/s1. The van der Waals surface area contributed by atoms with Crippen LogP contribution in [0.3, 0.4) is 0 Å². The predicted octanol–water partition coefficient (Wildman–Crippen LogP) is 6.63. The number of halogens is 1. The van der Waals surface area contributed by atoms with Gasteiger partial charge in [-0.3, -0.25) is 4.79 Å². The lowest BCUT2D eigenvalue weighted by atomic mass is 9.83. The van der Waals surface area contributed by atoms with E-state index < -0.39 is 0 Å². The number of carbonyl (C=O) groups is 1. The van der Waals surface area contributed by atoms with Crippen LogP contribution in [-0.2, 0) is 4.79 Å². The van der Waals surface area contributed by atoms with Gasteiger partial charge in [0.2, 0.25) is 5.91 Å². The van der Waals surface area contributed by atoms with Crippen molar-refractivity contribution in [2.75, 3.05) is 0 Å². The van der Waals surface area contributed by atoms with Gasteiger partial charge in [0, 0.05) is 4.47 Å². The molecule has 0 spiro atoms. The van der Waals surface area contributed by atoms with Gasteiger partial charge in [0.25, 0.3) is 0 Å². The van der Waals surface area contributed by atoms with Crippen molar-refractivity contribution in [1.29, 1.82) is 0 Å². The van der Waals surface area contributed by atoms with Crippen LogP contribution in [0.4, 0.5) is 0 Å². The summed E-state index contributed by atoms with van der Waals surface area (Å²) in [4.78, 5) is 13.6. The molecular weight excluding hydrogens is 422 g/mol. The Balaban J connectivity index is 1.66. The highest BCUT2D eigenvalue weighted by Gasteiger charge is 2.33. The molecule has 2 nitrogen and oxygen atoms in total. The third-order valence-electron chi connectivity index (χ3n) is 5.94. The summed E-state index contributed by atoms with van der Waals surface area (Å²) in [6.07, 6.45) is 4.69. The molecule has 1 amide bonds. The molecule has 0 heterocycles. The molecule has 3 heteroatoms. The summed E-state index contributed by atoms with van der Waals surface area (Å²) in [5, 5.41) is 3.39. The van der Waals surface area contributed by atoms with Crippen LogP contribution in [0.1, 0.15) is 54.3 Å². The molecule has 0 aliphatic heterocycles. The Labute approximate surface area is 181 Å². The maximum absolute atomic E-state index is 13.6. The molecule has 0 bridgehead atoms. The number of carbonyl (C=O) groups excluding carboxylic acids is 1. The molecule has 0 unspecified atom stereocenters. The van der Waals surface area contributed by atoms with Gasteiger partial charge >= 0.3 is 0 Å². The first-order valence-electron chi connectivity index (χ1n) is 10.4. The van der Waals surface area contributed by atoms with Crippen LogP contribution in [0.15, 0.2) is 89.4 Å². The molecule has 1 N–H and O–H groups in total. The normalized spacial score (nSPS) is 16.3. The van der Waals surface area contributed by atoms with Gasteiger partial charge in [-0.2, -0.15) is 0 Å². The van der Waals surface area contributed by atoms with Crippen LogP contribution in [0.25, 0.3) is 0 Å². The number of amides is 1. The van der Waals surface area contributed by atoms with E-state index in [1.54, 1.807) is 0 Å². The number of benzene rings is 3. The zero-order chi connectivity index (χ0) is 20.1. The topological polar surface area (TPSA) is 29.1 Å². The van der Waals surface area contributed by atoms with Crippen molar-refractivity contribution in [3.8, 4) is 0 Å². The maximum atomic E-state index is 13.6. The van der Waals surface area contributed by atoms with Crippen molar-refractivity contribution in [2.45, 2.75) is 37.6 Å². The molecule has 0 saturated heterocycles. The SMILES string of the molecule is O=C(N[C@@H](c1ccccc1)c1ccc(Br)cc1)[C@@H](c1ccccc1)C1CCCC1. The van der Waals surface area contributed by atoms with E-state index in [2.05, 4.69) is 57.6 Å². The van der Waals surface area contributed by atoms with Gasteiger partial charge < -0.3 is 5.32 Å². The molecule has 2 atom stereocenters. The lowest BCUT2D eigenvalue weighted by Crippen LogP contribution is -2.36. The molecule has 148 valence electrons. The van der Waals surface area contributed by atoms with E-state index in [0.717, 1.165) is 34.0 Å². The lowest BCUT2D eigenvalue weighted by Gasteiger charge is -2.27. The van der Waals surface area contributed by atoms with Gasteiger partial charge in [-0.05, 0) is 47.6 Å². The van der Waals surface area contributed by atoms with Crippen molar-refractivity contribution in [2.24, 2.45) is 5.92 Å². The summed E-state index contributed by atoms with van der Waals surface area (Å²) in [5.41, 5.74) is 3.31. The lowest BCUT2D eigenvalue weighted by molar-refractivity contribution is -0.124. The number of hydrogen-bond acceptors (Lipinski definition) is 1. The van der Waals surface area contributed by atoms with E-state index in [1.807, 2.05) is 48.5 Å². The van der Waals surface area contributed by atoms with E-state index in [1.165, 1.54) is 12.8 Å². The molecule has 0 aromatic heterocycles. The van der Waals surface area contributed by atoms with Gasteiger partial charge in [0.05, 0.1) is 12.0 Å². The summed E-state index contributed by atoms with van der Waals surface area (Å²) in [5.74, 6) is 0.443. The van der Waals surface area contributed by atoms with Crippen molar-refractivity contribution >= 4 is 21.8 Å². The zero-order valence-electron chi connectivity index (χ0n) is 16.4. The fraction of sp³-hybridized carbons (Fsp3) is 0.269. The summed E-state index contributed by atoms with van der Waals surface area (Å²) < 4.78 is 1.03. The second-order valence-corrected chi connectivity index (χ2v) is 8.75. The Kier molecular flexibility index (Phi) is 6.46. The molecule has 1 saturated carbocycles. The molecule has 3 aromatic rings. The van der Waals surface area contributed by atoms with Crippen LogP contribution in [0.5, 0.6) is 0 Å². The maximum Gasteiger partial charge on any atom is 0.228 e. The number of nitrogens with one attached hydrogen (secondary N) is 1. The van der Waals surface area contributed by atoms with E-state index in [0.29, 0.717) is 5.92 Å². The molecular formula is C26H26BrNO. The monoisotopic (exact) mass is 447 g/mol. The number of rotatable bonds is 6. The number of hydrogen-bond donors (Lipinski definition) is 1. The van der Waals surface area contributed by atoms with E-state index in [4.69, 9.17) is 0 Å². The van der Waals surface area contributed by atoms with Crippen LogP contribution in [-0.4, -0.2) is 5.91 Å². The summed E-state index contributed by atoms with van der Waals surface area (Å²) in [6, 6.07) is 28.6.